The third-order valence-corrected chi connectivity index (χ3v) is 5.34. The molecule has 31 heavy (non-hydrogen) atoms. The fraction of sp³-hybridized carbons (Fsp3) is 0.136. The van der Waals surface area contributed by atoms with Crippen LogP contribution in [-0.2, 0) is 7.05 Å². The quantitative estimate of drug-likeness (QED) is 0.287. The number of aromatic nitrogens is 6. The number of hydrogen-bond acceptors (Lipinski definition) is 6. The SMILES string of the molecule is Cn1nnnc1SCCNC(=O)c1ccc(-n2cccn2)c(C#Cc2ccccc2)c1. The Kier molecular flexibility index (Phi) is 6.40. The van der Waals surface area contributed by atoms with Crippen molar-refractivity contribution in [1.82, 2.24) is 35.3 Å². The van der Waals surface area contributed by atoms with Gasteiger partial charge in [0.2, 0.25) is 5.16 Å². The minimum absolute atomic E-state index is 0.161. The van der Waals surface area contributed by atoms with Gasteiger partial charge in [-0.2, -0.15) is 5.10 Å². The summed E-state index contributed by atoms with van der Waals surface area (Å²) in [5.74, 6) is 6.84. The number of aryl methyl sites for hydroxylation is 1. The van der Waals surface area contributed by atoms with Crippen LogP contribution in [0.25, 0.3) is 5.69 Å². The lowest BCUT2D eigenvalue weighted by Crippen LogP contribution is -2.26. The summed E-state index contributed by atoms with van der Waals surface area (Å²) in [6, 6.07) is 17.0. The molecular weight excluding hydrogens is 410 g/mol. The van der Waals surface area contributed by atoms with Gasteiger partial charge in [-0.1, -0.05) is 41.8 Å². The van der Waals surface area contributed by atoms with Crippen molar-refractivity contribution in [3.05, 3.63) is 83.7 Å². The van der Waals surface area contributed by atoms with E-state index in [1.165, 1.54) is 11.8 Å². The van der Waals surface area contributed by atoms with Gasteiger partial charge in [0.1, 0.15) is 0 Å². The third-order valence-electron chi connectivity index (χ3n) is 4.33. The van der Waals surface area contributed by atoms with E-state index in [2.05, 4.69) is 37.8 Å². The van der Waals surface area contributed by atoms with Gasteiger partial charge in [-0.25, -0.2) is 9.36 Å². The molecule has 0 fully saturated rings. The first kappa shape index (κ1) is 20.4. The number of carbonyl (C=O) groups is 1. The van der Waals surface area contributed by atoms with Gasteiger partial charge in [0.25, 0.3) is 5.91 Å². The Morgan fingerprint density at radius 1 is 1.13 bits per heavy atom. The van der Waals surface area contributed by atoms with E-state index >= 15 is 0 Å². The molecule has 0 saturated heterocycles. The highest BCUT2D eigenvalue weighted by Crippen LogP contribution is 2.16. The number of tetrazole rings is 1. The zero-order valence-electron chi connectivity index (χ0n) is 16.8. The van der Waals surface area contributed by atoms with Crippen LogP contribution in [0.4, 0.5) is 0 Å². The Bertz CT molecular complexity index is 1220. The van der Waals surface area contributed by atoms with Gasteiger partial charge in [0.15, 0.2) is 0 Å². The predicted molar refractivity (Wildman–Crippen MR) is 118 cm³/mol. The van der Waals surface area contributed by atoms with Gasteiger partial charge >= 0.3 is 0 Å². The van der Waals surface area contributed by atoms with E-state index in [1.54, 1.807) is 34.7 Å². The van der Waals surface area contributed by atoms with Crippen molar-refractivity contribution in [2.45, 2.75) is 5.16 Å². The van der Waals surface area contributed by atoms with Crippen LogP contribution in [0.15, 0.2) is 72.1 Å². The second kappa shape index (κ2) is 9.73. The molecular formula is C22H19N7OS. The highest BCUT2D eigenvalue weighted by Gasteiger charge is 2.11. The Morgan fingerprint density at radius 2 is 2.00 bits per heavy atom. The number of benzene rings is 2. The predicted octanol–water partition coefficient (Wildman–Crippen LogP) is 2.32. The van der Waals surface area contributed by atoms with Gasteiger partial charge in [-0.05, 0) is 46.8 Å². The van der Waals surface area contributed by atoms with Crippen LogP contribution in [-0.4, -0.2) is 48.2 Å². The molecule has 0 aliphatic carbocycles. The first-order valence-electron chi connectivity index (χ1n) is 9.55. The molecule has 1 N–H and O–H groups in total. The molecule has 0 radical (unpaired) electrons. The summed E-state index contributed by atoms with van der Waals surface area (Å²) >= 11 is 1.48. The molecule has 1 amide bonds. The summed E-state index contributed by atoms with van der Waals surface area (Å²) in [5, 5.41) is 19.2. The molecule has 4 aromatic rings. The number of amides is 1. The smallest absolute Gasteiger partial charge is 0.251 e. The molecule has 0 aliphatic heterocycles. The highest BCUT2D eigenvalue weighted by atomic mass is 32.2. The maximum absolute atomic E-state index is 12.7. The monoisotopic (exact) mass is 429 g/mol. The van der Waals surface area contributed by atoms with Crippen molar-refractivity contribution in [1.29, 1.82) is 0 Å². The van der Waals surface area contributed by atoms with Crippen molar-refractivity contribution in [3.63, 3.8) is 0 Å². The summed E-state index contributed by atoms with van der Waals surface area (Å²) < 4.78 is 3.33. The van der Waals surface area contributed by atoms with Crippen molar-refractivity contribution in [2.75, 3.05) is 12.3 Å². The standard InChI is InChI=1S/C22H19N7OS/c1-28-22(25-26-27-28)31-15-13-23-21(30)19-10-11-20(29-14-5-12-24-29)18(16-19)9-8-17-6-3-2-4-7-17/h2-7,10-12,14,16H,13,15H2,1H3,(H,23,30). The lowest BCUT2D eigenvalue weighted by Gasteiger charge is -2.09. The molecule has 154 valence electrons. The van der Waals surface area contributed by atoms with E-state index in [4.69, 9.17) is 0 Å². The molecule has 2 aromatic carbocycles. The normalized spacial score (nSPS) is 10.4. The molecule has 2 heterocycles. The topological polar surface area (TPSA) is 90.5 Å². The highest BCUT2D eigenvalue weighted by molar-refractivity contribution is 7.99. The van der Waals surface area contributed by atoms with Crippen LogP contribution < -0.4 is 5.32 Å². The largest absolute Gasteiger partial charge is 0.351 e. The number of thioether (sulfide) groups is 1. The van der Waals surface area contributed by atoms with E-state index in [1.807, 2.05) is 48.7 Å². The number of nitrogens with zero attached hydrogens (tertiary/aromatic N) is 6. The van der Waals surface area contributed by atoms with Crippen molar-refractivity contribution in [3.8, 4) is 17.5 Å². The molecule has 0 spiro atoms. The summed E-state index contributed by atoms with van der Waals surface area (Å²) in [5.41, 5.74) is 2.98. The van der Waals surface area contributed by atoms with Gasteiger partial charge in [-0.15, -0.1) is 5.10 Å². The van der Waals surface area contributed by atoms with E-state index in [0.717, 1.165) is 16.8 Å². The van der Waals surface area contributed by atoms with Crippen LogP contribution in [0.2, 0.25) is 0 Å². The molecule has 9 heteroatoms. The number of rotatable bonds is 6. The molecule has 0 aliphatic rings. The van der Waals surface area contributed by atoms with Crippen LogP contribution in [0, 0.1) is 11.8 Å². The van der Waals surface area contributed by atoms with Crippen LogP contribution in [0.3, 0.4) is 0 Å². The summed E-state index contributed by atoms with van der Waals surface area (Å²) in [7, 11) is 1.78. The minimum atomic E-state index is -0.161. The average molecular weight is 430 g/mol. The van der Waals surface area contributed by atoms with Gasteiger partial charge in [-0.3, -0.25) is 4.79 Å². The minimum Gasteiger partial charge on any atom is -0.351 e. The first-order valence-corrected chi connectivity index (χ1v) is 10.5. The van der Waals surface area contributed by atoms with Crippen LogP contribution in [0.1, 0.15) is 21.5 Å². The molecule has 8 nitrogen and oxygen atoms in total. The summed E-state index contributed by atoms with van der Waals surface area (Å²) in [6.45, 7) is 0.488. The maximum Gasteiger partial charge on any atom is 0.251 e. The van der Waals surface area contributed by atoms with E-state index in [9.17, 15) is 4.79 Å². The Morgan fingerprint density at radius 3 is 2.74 bits per heavy atom. The van der Waals surface area contributed by atoms with Crippen molar-refractivity contribution < 1.29 is 4.79 Å². The molecule has 0 unspecified atom stereocenters. The van der Waals surface area contributed by atoms with Gasteiger partial charge in [0, 0.05) is 42.9 Å². The van der Waals surface area contributed by atoms with E-state index in [-0.39, 0.29) is 5.91 Å². The maximum atomic E-state index is 12.7. The van der Waals surface area contributed by atoms with E-state index in [0.29, 0.717) is 23.0 Å². The molecule has 0 saturated carbocycles. The first-order chi connectivity index (χ1) is 15.2. The number of carbonyl (C=O) groups excluding carboxylic acids is 1. The second-order valence-electron chi connectivity index (χ2n) is 6.49. The van der Waals surface area contributed by atoms with Crippen molar-refractivity contribution in [2.24, 2.45) is 7.05 Å². The molecule has 2 aromatic heterocycles. The van der Waals surface area contributed by atoms with Crippen LogP contribution in [0.5, 0.6) is 0 Å². The molecule has 0 atom stereocenters. The van der Waals surface area contributed by atoms with Crippen molar-refractivity contribution >= 4 is 17.7 Å². The Labute approximate surface area is 183 Å². The van der Waals surface area contributed by atoms with Crippen LogP contribution >= 0.6 is 11.8 Å². The third kappa shape index (κ3) is 5.18. The Hall–Kier alpha value is -3.90. The molecule has 4 rings (SSSR count). The zero-order chi connectivity index (χ0) is 21.5. The average Bonchev–Trinajstić information content (AvgIpc) is 3.48. The fourth-order valence-corrected chi connectivity index (χ4v) is 3.51. The Balaban J connectivity index is 1.49. The lowest BCUT2D eigenvalue weighted by molar-refractivity contribution is 0.0956. The summed E-state index contributed by atoms with van der Waals surface area (Å²) in [6.07, 6.45) is 3.56. The zero-order valence-corrected chi connectivity index (χ0v) is 17.6. The number of hydrogen-bond donors (Lipinski definition) is 1. The summed E-state index contributed by atoms with van der Waals surface area (Å²) in [4.78, 5) is 12.7. The van der Waals surface area contributed by atoms with Gasteiger partial charge < -0.3 is 5.32 Å². The fourth-order valence-electron chi connectivity index (χ4n) is 2.80. The van der Waals surface area contributed by atoms with E-state index < -0.39 is 0 Å². The number of nitrogens with one attached hydrogen (secondary N) is 1. The molecule has 0 bridgehead atoms. The van der Waals surface area contributed by atoms with Gasteiger partial charge in [0.05, 0.1) is 11.3 Å². The lowest BCUT2D eigenvalue weighted by atomic mass is 10.1. The second-order valence-corrected chi connectivity index (χ2v) is 7.55.